The van der Waals surface area contributed by atoms with E-state index in [-0.39, 0.29) is 20.1 Å². The fraction of sp³-hybridized carbons (Fsp3) is 0.0303. The molecule has 0 unspecified atom stereocenters. The second kappa shape index (κ2) is 10.2. The molecule has 38 heavy (non-hydrogen) atoms. The number of nitrogens with zero attached hydrogens (tertiary/aromatic N) is 3. The van der Waals surface area contributed by atoms with Gasteiger partial charge < -0.3 is 9.72 Å². The van der Waals surface area contributed by atoms with Gasteiger partial charge in [-0.25, -0.2) is 0 Å². The van der Waals surface area contributed by atoms with Gasteiger partial charge in [-0.15, -0.1) is 28.9 Å². The summed E-state index contributed by atoms with van der Waals surface area (Å²) >= 11 is 0. The topological polar surface area (TPSA) is 49.1 Å². The first-order valence-corrected chi connectivity index (χ1v) is 12.2. The Bertz CT molecular complexity index is 1860. The SMILES string of the molecule is [Ir].[c-]1cc2ccccc2c2c1-c1nc3ccccc3cc1OC2.c1ccc(-c2cc3ccccc3[n-]2)nc1. The van der Waals surface area contributed by atoms with Gasteiger partial charge >= 0.3 is 0 Å². The van der Waals surface area contributed by atoms with E-state index in [4.69, 9.17) is 9.72 Å². The van der Waals surface area contributed by atoms with Crippen molar-refractivity contribution < 1.29 is 24.8 Å². The van der Waals surface area contributed by atoms with Crippen LogP contribution in [0.2, 0.25) is 0 Å². The molecule has 0 N–H and O–H groups in total. The summed E-state index contributed by atoms with van der Waals surface area (Å²) in [6, 6.07) is 40.0. The van der Waals surface area contributed by atoms with Gasteiger partial charge in [0.05, 0.1) is 12.1 Å². The Kier molecular flexibility index (Phi) is 6.47. The largest absolute Gasteiger partial charge is 0.656 e. The van der Waals surface area contributed by atoms with Crippen molar-refractivity contribution in [2.45, 2.75) is 6.61 Å². The molecule has 0 saturated carbocycles. The number of benzene rings is 4. The van der Waals surface area contributed by atoms with Crippen molar-refractivity contribution >= 4 is 32.6 Å². The predicted molar refractivity (Wildman–Crippen MR) is 148 cm³/mol. The van der Waals surface area contributed by atoms with Crippen molar-refractivity contribution in [3.63, 3.8) is 0 Å². The third-order valence-corrected chi connectivity index (χ3v) is 6.65. The van der Waals surface area contributed by atoms with Crippen LogP contribution in [0.15, 0.2) is 115 Å². The predicted octanol–water partition coefficient (Wildman–Crippen LogP) is 7.60. The van der Waals surface area contributed by atoms with Gasteiger partial charge in [0.1, 0.15) is 5.75 Å². The Morgan fingerprint density at radius 3 is 2.37 bits per heavy atom. The van der Waals surface area contributed by atoms with Gasteiger partial charge in [-0.05, 0) is 29.7 Å². The Morgan fingerprint density at radius 1 is 0.763 bits per heavy atom. The van der Waals surface area contributed by atoms with Crippen molar-refractivity contribution in [3.8, 4) is 28.4 Å². The average Bonchev–Trinajstić information content (AvgIpc) is 3.41. The second-order valence-electron chi connectivity index (χ2n) is 8.96. The minimum atomic E-state index is 0. The molecular formula is C33H21IrN3O-2. The summed E-state index contributed by atoms with van der Waals surface area (Å²) in [4.78, 5) is 13.6. The minimum Gasteiger partial charge on any atom is -0.656 e. The summed E-state index contributed by atoms with van der Waals surface area (Å²) in [6.07, 6.45) is 1.79. The van der Waals surface area contributed by atoms with Crippen LogP contribution in [0.1, 0.15) is 5.56 Å². The van der Waals surface area contributed by atoms with E-state index >= 15 is 0 Å². The summed E-state index contributed by atoms with van der Waals surface area (Å²) in [6.45, 7) is 0.570. The zero-order valence-corrected chi connectivity index (χ0v) is 22.7. The van der Waals surface area contributed by atoms with Crippen molar-refractivity contribution in [1.29, 1.82) is 0 Å². The van der Waals surface area contributed by atoms with Gasteiger partial charge in [-0.3, -0.25) is 9.97 Å². The third kappa shape index (κ3) is 4.37. The molecule has 0 aliphatic carbocycles. The third-order valence-electron chi connectivity index (χ3n) is 6.65. The van der Waals surface area contributed by atoms with Crippen LogP contribution in [-0.2, 0) is 26.7 Å². The molecule has 1 radical (unpaired) electrons. The van der Waals surface area contributed by atoms with Crippen LogP contribution < -0.4 is 9.72 Å². The summed E-state index contributed by atoms with van der Waals surface area (Å²) in [5.74, 6) is 0.845. The molecule has 4 nitrogen and oxygen atoms in total. The molecule has 1 aliphatic heterocycles. The summed E-state index contributed by atoms with van der Waals surface area (Å²) in [5, 5.41) is 4.68. The van der Waals surface area contributed by atoms with Gasteiger partial charge in [0.25, 0.3) is 0 Å². The van der Waals surface area contributed by atoms with Crippen LogP contribution >= 0.6 is 0 Å². The first kappa shape index (κ1) is 24.1. The van der Waals surface area contributed by atoms with Gasteiger partial charge in [0.15, 0.2) is 0 Å². The molecule has 0 atom stereocenters. The van der Waals surface area contributed by atoms with Crippen LogP contribution in [-0.4, -0.2) is 9.97 Å². The maximum absolute atomic E-state index is 5.98. The van der Waals surface area contributed by atoms with Crippen molar-refractivity contribution in [2.24, 2.45) is 0 Å². The van der Waals surface area contributed by atoms with E-state index in [2.05, 4.69) is 58.5 Å². The van der Waals surface area contributed by atoms with Gasteiger partial charge in [0.2, 0.25) is 0 Å². The molecule has 0 spiro atoms. The van der Waals surface area contributed by atoms with Gasteiger partial charge in [-0.2, -0.15) is 0 Å². The molecule has 5 heteroatoms. The smallest absolute Gasteiger partial charge is 0.104 e. The van der Waals surface area contributed by atoms with Crippen LogP contribution in [0.4, 0.5) is 0 Å². The maximum Gasteiger partial charge on any atom is 0.104 e. The fourth-order valence-corrected chi connectivity index (χ4v) is 4.83. The molecule has 0 saturated heterocycles. The Balaban J connectivity index is 0.000000145. The minimum absolute atomic E-state index is 0. The van der Waals surface area contributed by atoms with E-state index in [0.717, 1.165) is 50.2 Å². The van der Waals surface area contributed by atoms with Crippen molar-refractivity contribution in [1.82, 2.24) is 15.0 Å². The van der Waals surface area contributed by atoms with Crippen LogP contribution in [0.5, 0.6) is 5.75 Å². The number of para-hydroxylation sites is 2. The van der Waals surface area contributed by atoms with E-state index < -0.39 is 0 Å². The van der Waals surface area contributed by atoms with E-state index in [1.54, 1.807) is 6.20 Å². The molecular weight excluding hydrogens is 647 g/mol. The zero-order chi connectivity index (χ0) is 24.6. The number of pyridine rings is 2. The second-order valence-corrected chi connectivity index (χ2v) is 8.96. The average molecular weight is 668 g/mol. The standard InChI is InChI=1S/C20H12NO.C13H9N2.Ir/c1-3-7-15-13(5-1)9-10-16-17(15)12-22-19-11-14-6-2-4-8-18(14)21-20(16)19;1-2-6-11-10(5-1)9-13(15-11)12-7-3-4-8-14-12;/h1-9,11H,12H2;1-9H;/q2*-1;. The molecule has 3 aromatic heterocycles. The zero-order valence-electron chi connectivity index (χ0n) is 20.3. The molecule has 1 aliphatic rings. The first-order chi connectivity index (χ1) is 18.3. The number of aromatic nitrogens is 3. The number of hydrogen-bond acceptors (Lipinski definition) is 3. The normalized spacial score (nSPS) is 11.6. The molecule has 0 bridgehead atoms. The molecule has 0 amide bonds. The molecule has 8 rings (SSSR count). The fourth-order valence-electron chi connectivity index (χ4n) is 4.83. The number of hydrogen-bond donors (Lipinski definition) is 0. The Morgan fingerprint density at radius 2 is 1.53 bits per heavy atom. The van der Waals surface area contributed by atoms with Crippen LogP contribution in [0.25, 0.3) is 55.2 Å². The summed E-state index contributed by atoms with van der Waals surface area (Å²) < 4.78 is 5.98. The molecule has 0 fully saturated rings. The van der Waals surface area contributed by atoms with Crippen molar-refractivity contribution in [2.75, 3.05) is 0 Å². The summed E-state index contributed by atoms with van der Waals surface area (Å²) in [5.41, 5.74) is 7.01. The molecule has 4 aromatic carbocycles. The Labute approximate surface area is 233 Å². The van der Waals surface area contributed by atoms with Crippen molar-refractivity contribution in [3.05, 3.63) is 127 Å². The van der Waals surface area contributed by atoms with E-state index in [0.29, 0.717) is 6.61 Å². The number of fused-ring (bicyclic) bond motifs is 7. The quantitative estimate of drug-likeness (QED) is 0.169. The molecule has 7 aromatic rings. The van der Waals surface area contributed by atoms with E-state index in [9.17, 15) is 0 Å². The molecule has 4 heterocycles. The van der Waals surface area contributed by atoms with E-state index in [1.807, 2.05) is 66.7 Å². The Hall–Kier alpha value is -4.31. The van der Waals surface area contributed by atoms with Crippen LogP contribution in [0, 0.1) is 6.07 Å². The van der Waals surface area contributed by atoms with Gasteiger partial charge in [-0.1, -0.05) is 95.2 Å². The van der Waals surface area contributed by atoms with Gasteiger partial charge in [0, 0.05) is 43.1 Å². The number of rotatable bonds is 1. The molecule has 185 valence electrons. The summed E-state index contributed by atoms with van der Waals surface area (Å²) in [7, 11) is 0. The first-order valence-electron chi connectivity index (χ1n) is 12.2. The number of ether oxygens (including phenoxy) is 1. The van der Waals surface area contributed by atoms with E-state index in [1.165, 1.54) is 16.3 Å². The van der Waals surface area contributed by atoms with Crippen LogP contribution in [0.3, 0.4) is 0 Å². The monoisotopic (exact) mass is 668 g/mol. The maximum atomic E-state index is 5.98.